The lowest BCUT2D eigenvalue weighted by Gasteiger charge is -2.35. The second-order valence-corrected chi connectivity index (χ2v) is 5.08. The lowest BCUT2D eigenvalue weighted by Crippen LogP contribution is -2.50. The van der Waals surface area contributed by atoms with Gasteiger partial charge in [-0.2, -0.15) is 0 Å². The summed E-state index contributed by atoms with van der Waals surface area (Å²) < 4.78 is 0. The molecule has 1 saturated heterocycles. The minimum absolute atomic E-state index is 0.384. The van der Waals surface area contributed by atoms with Crippen molar-refractivity contribution in [1.29, 1.82) is 0 Å². The molecule has 0 radical (unpaired) electrons. The molecule has 1 aliphatic heterocycles. The maximum absolute atomic E-state index is 9.41. The van der Waals surface area contributed by atoms with Crippen LogP contribution in [0.15, 0.2) is 0 Å². The minimum Gasteiger partial charge on any atom is -0.396 e. The molecule has 2 nitrogen and oxygen atoms in total. The quantitative estimate of drug-likeness (QED) is 0.636. The van der Waals surface area contributed by atoms with Crippen molar-refractivity contribution in [1.82, 2.24) is 5.32 Å². The van der Waals surface area contributed by atoms with Gasteiger partial charge in [0.15, 0.2) is 0 Å². The molecule has 0 aromatic rings. The number of hydrogen-bond donors (Lipinski definition) is 2. The SMILES string of the molecule is OC[C@@H]1CC[C@@H]2CC[C@@H]3CCN[C@]231. The predicted octanol–water partition coefficient (Wildman–Crippen LogP) is 1.15. The molecule has 0 aromatic carbocycles. The van der Waals surface area contributed by atoms with Crippen molar-refractivity contribution in [3.63, 3.8) is 0 Å². The Morgan fingerprint density at radius 2 is 1.77 bits per heavy atom. The molecule has 3 rings (SSSR count). The summed E-state index contributed by atoms with van der Waals surface area (Å²) >= 11 is 0. The lowest BCUT2D eigenvalue weighted by atomic mass is 9.78. The standard InChI is InChI=1S/C11H19NO/c13-7-10-4-3-8-1-2-9-5-6-12-11(8,9)10/h8-10,12-13H,1-7H2/t8-,9+,10-,11+/m0/s1. The molecular formula is C11H19NO. The van der Waals surface area contributed by atoms with Crippen LogP contribution in [0.5, 0.6) is 0 Å². The molecule has 0 aromatic heterocycles. The maximum Gasteiger partial charge on any atom is 0.0477 e. The molecule has 0 amide bonds. The van der Waals surface area contributed by atoms with Gasteiger partial charge in [0.2, 0.25) is 0 Å². The molecule has 2 saturated carbocycles. The summed E-state index contributed by atoms with van der Waals surface area (Å²) in [4.78, 5) is 0. The fourth-order valence-electron chi connectivity index (χ4n) is 4.43. The van der Waals surface area contributed by atoms with E-state index in [0.29, 0.717) is 18.1 Å². The maximum atomic E-state index is 9.41. The molecule has 1 heterocycles. The Morgan fingerprint density at radius 3 is 2.54 bits per heavy atom. The first kappa shape index (κ1) is 8.25. The van der Waals surface area contributed by atoms with Gasteiger partial charge in [-0.25, -0.2) is 0 Å². The van der Waals surface area contributed by atoms with Crippen molar-refractivity contribution >= 4 is 0 Å². The van der Waals surface area contributed by atoms with Crippen LogP contribution in [0, 0.1) is 17.8 Å². The van der Waals surface area contributed by atoms with Gasteiger partial charge in [0.05, 0.1) is 0 Å². The van der Waals surface area contributed by atoms with E-state index in [-0.39, 0.29) is 0 Å². The van der Waals surface area contributed by atoms with Gasteiger partial charge in [-0.3, -0.25) is 0 Å². The molecule has 13 heavy (non-hydrogen) atoms. The van der Waals surface area contributed by atoms with E-state index in [2.05, 4.69) is 5.32 Å². The fourth-order valence-corrected chi connectivity index (χ4v) is 4.43. The molecule has 2 N–H and O–H groups in total. The van der Waals surface area contributed by atoms with Gasteiger partial charge in [0.25, 0.3) is 0 Å². The Labute approximate surface area is 79.7 Å². The van der Waals surface area contributed by atoms with Crippen molar-refractivity contribution in [3.8, 4) is 0 Å². The van der Waals surface area contributed by atoms with Crippen LogP contribution in [0.3, 0.4) is 0 Å². The summed E-state index contributed by atoms with van der Waals surface area (Å²) in [6, 6.07) is 0. The Kier molecular flexibility index (Phi) is 1.72. The Balaban J connectivity index is 1.96. The van der Waals surface area contributed by atoms with Crippen LogP contribution in [0.1, 0.15) is 32.1 Å². The highest BCUT2D eigenvalue weighted by molar-refractivity contribution is 5.14. The lowest BCUT2D eigenvalue weighted by molar-refractivity contribution is 0.127. The summed E-state index contributed by atoms with van der Waals surface area (Å²) in [6.45, 7) is 1.59. The second-order valence-electron chi connectivity index (χ2n) is 5.08. The van der Waals surface area contributed by atoms with E-state index in [9.17, 15) is 5.11 Å². The summed E-state index contributed by atoms with van der Waals surface area (Å²) in [7, 11) is 0. The highest BCUT2D eigenvalue weighted by Crippen LogP contribution is 2.56. The number of aliphatic hydroxyl groups is 1. The topological polar surface area (TPSA) is 32.3 Å². The fraction of sp³-hybridized carbons (Fsp3) is 1.00. The van der Waals surface area contributed by atoms with Crippen LogP contribution in [-0.2, 0) is 0 Å². The third kappa shape index (κ3) is 0.861. The Bertz CT molecular complexity index is 210. The van der Waals surface area contributed by atoms with Crippen LogP contribution in [0.25, 0.3) is 0 Å². The van der Waals surface area contributed by atoms with E-state index in [4.69, 9.17) is 0 Å². The molecule has 4 atom stereocenters. The first-order valence-corrected chi connectivity index (χ1v) is 5.74. The van der Waals surface area contributed by atoms with Crippen molar-refractivity contribution in [2.75, 3.05) is 13.2 Å². The summed E-state index contributed by atoms with van der Waals surface area (Å²) in [5.74, 6) is 2.33. The largest absolute Gasteiger partial charge is 0.396 e. The van der Waals surface area contributed by atoms with Crippen LogP contribution in [0.2, 0.25) is 0 Å². The average molecular weight is 181 g/mol. The zero-order valence-corrected chi connectivity index (χ0v) is 8.13. The first-order valence-electron chi connectivity index (χ1n) is 5.74. The summed E-state index contributed by atoms with van der Waals surface area (Å²) in [5.41, 5.74) is 0.384. The molecule has 1 spiro atoms. The van der Waals surface area contributed by atoms with E-state index in [1.807, 2.05) is 0 Å². The van der Waals surface area contributed by atoms with Gasteiger partial charge in [-0.1, -0.05) is 0 Å². The van der Waals surface area contributed by atoms with E-state index in [1.165, 1.54) is 38.6 Å². The molecule has 0 unspecified atom stereocenters. The molecule has 74 valence electrons. The number of hydrogen-bond acceptors (Lipinski definition) is 2. The first-order chi connectivity index (χ1) is 6.38. The van der Waals surface area contributed by atoms with Gasteiger partial charge < -0.3 is 10.4 Å². The van der Waals surface area contributed by atoms with Gasteiger partial charge in [0, 0.05) is 18.1 Å². The number of nitrogens with one attached hydrogen (secondary N) is 1. The smallest absolute Gasteiger partial charge is 0.0477 e. The molecule has 3 aliphatic rings. The van der Waals surface area contributed by atoms with Gasteiger partial charge in [0.1, 0.15) is 0 Å². The summed E-state index contributed by atoms with van der Waals surface area (Å²) in [6.07, 6.45) is 6.79. The average Bonchev–Trinajstić information content (AvgIpc) is 2.72. The zero-order chi connectivity index (χ0) is 8.89. The van der Waals surface area contributed by atoms with Crippen LogP contribution in [-0.4, -0.2) is 23.8 Å². The van der Waals surface area contributed by atoms with Gasteiger partial charge in [-0.05, 0) is 50.5 Å². The van der Waals surface area contributed by atoms with E-state index < -0.39 is 0 Å². The Hall–Kier alpha value is -0.0800. The summed E-state index contributed by atoms with van der Waals surface area (Å²) in [5, 5.41) is 13.1. The minimum atomic E-state index is 0.384. The molecule has 3 fully saturated rings. The molecule has 0 bridgehead atoms. The second kappa shape index (κ2) is 2.71. The Morgan fingerprint density at radius 1 is 1.08 bits per heavy atom. The number of rotatable bonds is 1. The molecule has 2 aliphatic carbocycles. The highest BCUT2D eigenvalue weighted by Gasteiger charge is 2.59. The molecular weight excluding hydrogens is 162 g/mol. The van der Waals surface area contributed by atoms with Crippen molar-refractivity contribution in [3.05, 3.63) is 0 Å². The van der Waals surface area contributed by atoms with Crippen LogP contribution in [0.4, 0.5) is 0 Å². The van der Waals surface area contributed by atoms with E-state index in [1.54, 1.807) is 0 Å². The molecule has 2 heteroatoms. The third-order valence-corrected chi connectivity index (χ3v) is 4.90. The zero-order valence-electron chi connectivity index (χ0n) is 8.13. The van der Waals surface area contributed by atoms with E-state index in [0.717, 1.165) is 11.8 Å². The van der Waals surface area contributed by atoms with Crippen LogP contribution < -0.4 is 5.32 Å². The van der Waals surface area contributed by atoms with Crippen molar-refractivity contribution in [2.45, 2.75) is 37.6 Å². The van der Waals surface area contributed by atoms with Crippen LogP contribution >= 0.6 is 0 Å². The van der Waals surface area contributed by atoms with E-state index >= 15 is 0 Å². The normalized spacial score (nSPS) is 53.8. The highest BCUT2D eigenvalue weighted by atomic mass is 16.3. The third-order valence-electron chi connectivity index (χ3n) is 4.90. The van der Waals surface area contributed by atoms with Gasteiger partial charge >= 0.3 is 0 Å². The van der Waals surface area contributed by atoms with Crippen molar-refractivity contribution in [2.24, 2.45) is 17.8 Å². The van der Waals surface area contributed by atoms with Gasteiger partial charge in [-0.15, -0.1) is 0 Å². The predicted molar refractivity (Wildman–Crippen MR) is 51.4 cm³/mol. The monoisotopic (exact) mass is 181 g/mol. The van der Waals surface area contributed by atoms with Crippen molar-refractivity contribution < 1.29 is 5.11 Å². The number of aliphatic hydroxyl groups excluding tert-OH is 1.